The maximum atomic E-state index is 6.13. The van der Waals surface area contributed by atoms with Gasteiger partial charge in [-0.15, -0.1) is 0 Å². The van der Waals surface area contributed by atoms with Crippen molar-refractivity contribution in [2.75, 3.05) is 6.54 Å². The highest BCUT2D eigenvalue weighted by Gasteiger charge is 2.20. The molecule has 1 N–H and O–H groups in total. The van der Waals surface area contributed by atoms with Gasteiger partial charge in [0.25, 0.3) is 0 Å². The van der Waals surface area contributed by atoms with E-state index in [9.17, 15) is 0 Å². The smallest absolute Gasteiger partial charge is 0.120 e. The number of fused-ring (bicyclic) bond motifs is 1. The molecule has 20 heavy (non-hydrogen) atoms. The van der Waals surface area contributed by atoms with E-state index in [1.807, 2.05) is 0 Å². The first-order chi connectivity index (χ1) is 9.86. The van der Waals surface area contributed by atoms with Crippen LogP contribution in [0.2, 0.25) is 0 Å². The summed E-state index contributed by atoms with van der Waals surface area (Å²) in [5.41, 5.74) is 2.95. The molecule has 1 aromatic carbocycles. The van der Waals surface area contributed by atoms with Gasteiger partial charge >= 0.3 is 0 Å². The van der Waals surface area contributed by atoms with E-state index in [0.717, 1.165) is 18.7 Å². The molecule has 1 aromatic rings. The zero-order chi connectivity index (χ0) is 13.8. The van der Waals surface area contributed by atoms with Gasteiger partial charge in [-0.2, -0.15) is 0 Å². The Labute approximate surface area is 122 Å². The second-order valence-corrected chi connectivity index (χ2v) is 5.88. The quantitative estimate of drug-likeness (QED) is 0.830. The highest BCUT2D eigenvalue weighted by atomic mass is 16.5. The molecule has 0 heterocycles. The molecule has 3 rings (SSSR count). The van der Waals surface area contributed by atoms with Crippen LogP contribution in [0.15, 0.2) is 30.4 Å². The first kappa shape index (κ1) is 13.7. The topological polar surface area (TPSA) is 21.3 Å². The zero-order valence-corrected chi connectivity index (χ0v) is 12.4. The van der Waals surface area contributed by atoms with E-state index in [1.165, 1.54) is 43.2 Å². The average molecular weight is 271 g/mol. The Morgan fingerprint density at radius 1 is 1.25 bits per heavy atom. The Morgan fingerprint density at radius 3 is 3.00 bits per heavy atom. The Kier molecular flexibility index (Phi) is 4.41. The summed E-state index contributed by atoms with van der Waals surface area (Å²) in [5, 5.41) is 3.60. The third-order valence-corrected chi connectivity index (χ3v) is 4.38. The summed E-state index contributed by atoms with van der Waals surface area (Å²) in [6, 6.07) is 7.19. The van der Waals surface area contributed by atoms with Crippen LogP contribution >= 0.6 is 0 Å². The minimum Gasteiger partial charge on any atom is -0.486 e. The van der Waals surface area contributed by atoms with E-state index >= 15 is 0 Å². The summed E-state index contributed by atoms with van der Waals surface area (Å²) >= 11 is 0. The van der Waals surface area contributed by atoms with Crippen molar-refractivity contribution in [3.63, 3.8) is 0 Å². The number of aryl methyl sites for hydroxylation is 1. The summed E-state index contributed by atoms with van der Waals surface area (Å²) < 4.78 is 6.13. The van der Waals surface area contributed by atoms with Gasteiger partial charge in [0.05, 0.1) is 0 Å². The number of benzene rings is 1. The highest BCUT2D eigenvalue weighted by Crippen LogP contribution is 2.33. The second kappa shape index (κ2) is 6.45. The fraction of sp³-hybridized carbons (Fsp3) is 0.556. The van der Waals surface area contributed by atoms with Crippen molar-refractivity contribution in [2.24, 2.45) is 0 Å². The van der Waals surface area contributed by atoms with Crippen molar-refractivity contribution in [1.29, 1.82) is 0 Å². The summed E-state index contributed by atoms with van der Waals surface area (Å²) in [6.45, 7) is 3.21. The molecule has 2 aliphatic carbocycles. The van der Waals surface area contributed by atoms with Crippen molar-refractivity contribution in [3.8, 4) is 5.75 Å². The van der Waals surface area contributed by atoms with Crippen LogP contribution in [0.3, 0.4) is 0 Å². The minimum atomic E-state index is 0.267. The molecule has 2 nitrogen and oxygen atoms in total. The molecule has 2 atom stereocenters. The van der Waals surface area contributed by atoms with Crippen LogP contribution in [0.25, 0.3) is 0 Å². The van der Waals surface area contributed by atoms with Crippen LogP contribution in [-0.2, 0) is 6.42 Å². The first-order valence-corrected chi connectivity index (χ1v) is 8.06. The number of rotatable bonds is 4. The van der Waals surface area contributed by atoms with E-state index in [2.05, 4.69) is 42.6 Å². The van der Waals surface area contributed by atoms with Gasteiger partial charge in [-0.05, 0) is 74.4 Å². The predicted molar refractivity (Wildman–Crippen MR) is 83.2 cm³/mol. The van der Waals surface area contributed by atoms with E-state index in [4.69, 9.17) is 4.74 Å². The van der Waals surface area contributed by atoms with Crippen LogP contribution in [-0.4, -0.2) is 12.6 Å². The molecule has 0 saturated heterocycles. The molecule has 0 spiro atoms. The van der Waals surface area contributed by atoms with Gasteiger partial charge < -0.3 is 10.1 Å². The monoisotopic (exact) mass is 271 g/mol. The average Bonchev–Trinajstić information content (AvgIpc) is 2.49. The molecule has 108 valence electrons. The van der Waals surface area contributed by atoms with Crippen molar-refractivity contribution >= 4 is 0 Å². The molecular formula is C18H25NO. The van der Waals surface area contributed by atoms with Crippen LogP contribution in [0.1, 0.15) is 56.2 Å². The van der Waals surface area contributed by atoms with Gasteiger partial charge in [0.2, 0.25) is 0 Å². The fourth-order valence-corrected chi connectivity index (χ4v) is 3.36. The van der Waals surface area contributed by atoms with E-state index < -0.39 is 0 Å². The zero-order valence-electron chi connectivity index (χ0n) is 12.4. The Balaban J connectivity index is 1.78. The third-order valence-electron chi connectivity index (χ3n) is 4.38. The molecule has 0 aliphatic heterocycles. The summed E-state index contributed by atoms with van der Waals surface area (Å²) in [5.74, 6) is 1.03. The molecule has 2 aliphatic rings. The van der Waals surface area contributed by atoms with E-state index in [-0.39, 0.29) is 6.10 Å². The minimum absolute atomic E-state index is 0.267. The summed E-state index contributed by atoms with van der Waals surface area (Å²) in [4.78, 5) is 0. The predicted octanol–water partition coefficient (Wildman–Crippen LogP) is 4.16. The van der Waals surface area contributed by atoms with Crippen LogP contribution in [0.5, 0.6) is 5.75 Å². The maximum Gasteiger partial charge on any atom is 0.120 e. The van der Waals surface area contributed by atoms with Crippen molar-refractivity contribution in [1.82, 2.24) is 5.32 Å². The number of allylic oxidation sites excluding steroid dienone is 1. The Bertz CT molecular complexity index is 480. The van der Waals surface area contributed by atoms with Gasteiger partial charge in [-0.3, -0.25) is 0 Å². The van der Waals surface area contributed by atoms with Crippen molar-refractivity contribution < 1.29 is 4.74 Å². The largest absolute Gasteiger partial charge is 0.486 e. The molecular weight excluding hydrogens is 246 g/mol. The lowest BCUT2D eigenvalue weighted by Crippen LogP contribution is -2.25. The van der Waals surface area contributed by atoms with Gasteiger partial charge in [0.15, 0.2) is 0 Å². The lowest BCUT2D eigenvalue weighted by molar-refractivity contribution is 0.229. The molecule has 0 amide bonds. The molecule has 0 bridgehead atoms. The maximum absolute atomic E-state index is 6.13. The number of hydrogen-bond acceptors (Lipinski definition) is 2. The molecule has 0 radical (unpaired) electrons. The molecule has 0 saturated carbocycles. The summed E-state index contributed by atoms with van der Waals surface area (Å²) in [6.07, 6.45) is 12.1. The van der Waals surface area contributed by atoms with Crippen molar-refractivity contribution in [2.45, 2.75) is 57.6 Å². The number of ether oxygens (including phenoxy) is 1. The summed E-state index contributed by atoms with van der Waals surface area (Å²) in [7, 11) is 0. The van der Waals surface area contributed by atoms with E-state index in [0.29, 0.717) is 6.04 Å². The lowest BCUT2D eigenvalue weighted by Gasteiger charge is -2.27. The SMILES string of the molecule is CCNC1CCCc2ccc(OC3C=CCCC3)cc21. The first-order valence-electron chi connectivity index (χ1n) is 8.06. The Hall–Kier alpha value is -1.28. The second-order valence-electron chi connectivity index (χ2n) is 5.88. The van der Waals surface area contributed by atoms with Gasteiger partial charge in [0.1, 0.15) is 11.9 Å². The van der Waals surface area contributed by atoms with Crippen LogP contribution < -0.4 is 10.1 Å². The highest BCUT2D eigenvalue weighted by molar-refractivity contribution is 5.39. The van der Waals surface area contributed by atoms with Crippen molar-refractivity contribution in [3.05, 3.63) is 41.5 Å². The standard InChI is InChI=1S/C18H25NO/c1-2-19-18-10-6-7-14-11-12-16(13-17(14)18)20-15-8-4-3-5-9-15/h4,8,11-13,15,18-19H,2-3,5-7,9-10H2,1H3. The molecule has 0 fully saturated rings. The van der Waals surface area contributed by atoms with E-state index in [1.54, 1.807) is 0 Å². The molecule has 2 unspecified atom stereocenters. The van der Waals surface area contributed by atoms with Crippen LogP contribution in [0, 0.1) is 0 Å². The fourth-order valence-electron chi connectivity index (χ4n) is 3.36. The third kappa shape index (κ3) is 3.06. The van der Waals surface area contributed by atoms with Gasteiger partial charge in [0, 0.05) is 6.04 Å². The normalized spacial score (nSPS) is 25.2. The number of hydrogen-bond donors (Lipinski definition) is 1. The van der Waals surface area contributed by atoms with Gasteiger partial charge in [-0.1, -0.05) is 19.1 Å². The van der Waals surface area contributed by atoms with Crippen LogP contribution in [0.4, 0.5) is 0 Å². The van der Waals surface area contributed by atoms with Gasteiger partial charge in [-0.25, -0.2) is 0 Å². The lowest BCUT2D eigenvalue weighted by atomic mass is 9.87. The molecule has 0 aromatic heterocycles. The molecule has 2 heteroatoms. The number of nitrogens with one attached hydrogen (secondary N) is 1. The Morgan fingerprint density at radius 2 is 2.20 bits per heavy atom.